The minimum atomic E-state index is -0.742. The van der Waals surface area contributed by atoms with Gasteiger partial charge in [-0.15, -0.1) is 0 Å². The monoisotopic (exact) mass is 305 g/mol. The maximum absolute atomic E-state index is 6.76. The first-order chi connectivity index (χ1) is 10.1. The first kappa shape index (κ1) is 14.4. The second kappa shape index (κ2) is 5.72. The van der Waals surface area contributed by atoms with Crippen LogP contribution in [0.15, 0.2) is 36.6 Å². The van der Waals surface area contributed by atoms with Gasteiger partial charge >= 0.3 is 0 Å². The van der Waals surface area contributed by atoms with E-state index >= 15 is 0 Å². The maximum Gasteiger partial charge on any atom is 0.159 e. The van der Waals surface area contributed by atoms with Crippen LogP contribution in [0.4, 0.5) is 5.69 Å². The average molecular weight is 306 g/mol. The predicted molar refractivity (Wildman–Crippen MR) is 87.0 cm³/mol. The molecule has 0 spiro atoms. The molecule has 5 heteroatoms. The lowest BCUT2D eigenvalue weighted by Gasteiger charge is -2.38. The normalized spacial score (nSPS) is 28.9. The summed E-state index contributed by atoms with van der Waals surface area (Å²) in [4.78, 5) is -0.742. The molecule has 1 aromatic carbocycles. The van der Waals surface area contributed by atoms with Crippen molar-refractivity contribution in [2.24, 2.45) is 0 Å². The molecular weight excluding hydrogens is 286 g/mol. The van der Waals surface area contributed by atoms with E-state index in [2.05, 4.69) is 17.6 Å². The number of halogens is 1. The summed E-state index contributed by atoms with van der Waals surface area (Å²) in [6.45, 7) is 4.33. The van der Waals surface area contributed by atoms with Gasteiger partial charge in [-0.1, -0.05) is 17.7 Å². The second-order valence-electron chi connectivity index (χ2n) is 5.48. The van der Waals surface area contributed by atoms with E-state index in [0.717, 1.165) is 29.9 Å². The van der Waals surface area contributed by atoms with E-state index in [9.17, 15) is 0 Å². The third-order valence-electron chi connectivity index (χ3n) is 3.90. The summed E-state index contributed by atoms with van der Waals surface area (Å²) in [5.74, 6) is 0. The average Bonchev–Trinajstić information content (AvgIpc) is 2.51. The summed E-state index contributed by atoms with van der Waals surface area (Å²) in [5, 5.41) is 6.52. The molecule has 0 aromatic heterocycles. The topological polar surface area (TPSA) is 59.3 Å². The lowest BCUT2D eigenvalue weighted by Crippen LogP contribution is -2.55. The number of ether oxygens (including phenoxy) is 1. The molecule has 3 rings (SSSR count). The first-order valence-electron chi connectivity index (χ1n) is 7.13. The van der Waals surface area contributed by atoms with Crippen molar-refractivity contribution in [3.63, 3.8) is 0 Å². The van der Waals surface area contributed by atoms with Gasteiger partial charge < -0.3 is 21.1 Å². The molecule has 2 heterocycles. The summed E-state index contributed by atoms with van der Waals surface area (Å²) < 4.78 is 5.80. The fourth-order valence-electron chi connectivity index (χ4n) is 2.71. The Morgan fingerprint density at radius 3 is 3.05 bits per heavy atom. The summed E-state index contributed by atoms with van der Waals surface area (Å²) in [6.07, 6.45) is 5.80. The highest BCUT2D eigenvalue weighted by atomic mass is 35.5. The van der Waals surface area contributed by atoms with Gasteiger partial charge in [0.2, 0.25) is 0 Å². The largest absolute Gasteiger partial charge is 0.399 e. The van der Waals surface area contributed by atoms with Crippen LogP contribution in [0.25, 0.3) is 5.57 Å². The van der Waals surface area contributed by atoms with E-state index in [1.54, 1.807) is 0 Å². The van der Waals surface area contributed by atoms with Gasteiger partial charge in [-0.25, -0.2) is 0 Å². The number of alkyl halides is 1. The molecular formula is C16H20ClN3O. The van der Waals surface area contributed by atoms with Crippen LogP contribution < -0.4 is 16.4 Å². The Hall–Kier alpha value is -1.49. The van der Waals surface area contributed by atoms with Crippen LogP contribution in [0.5, 0.6) is 0 Å². The molecule has 2 aliphatic heterocycles. The summed E-state index contributed by atoms with van der Waals surface area (Å²) >= 11 is 6.76. The van der Waals surface area contributed by atoms with Crippen molar-refractivity contribution in [1.29, 1.82) is 0 Å². The van der Waals surface area contributed by atoms with E-state index in [4.69, 9.17) is 22.1 Å². The van der Waals surface area contributed by atoms with Crippen molar-refractivity contribution in [1.82, 2.24) is 10.6 Å². The molecule has 1 aromatic rings. The van der Waals surface area contributed by atoms with Gasteiger partial charge in [0.15, 0.2) is 5.00 Å². The third kappa shape index (κ3) is 2.93. The zero-order valence-electron chi connectivity index (χ0n) is 12.0. The van der Waals surface area contributed by atoms with Crippen molar-refractivity contribution in [3.8, 4) is 0 Å². The van der Waals surface area contributed by atoms with Crippen LogP contribution >= 0.6 is 11.6 Å². The number of dihydropyridines is 1. The molecule has 4 N–H and O–H groups in total. The Morgan fingerprint density at radius 1 is 1.43 bits per heavy atom. The Kier molecular flexibility index (Phi) is 3.93. The van der Waals surface area contributed by atoms with E-state index in [0.29, 0.717) is 6.61 Å². The number of hydrogen-bond donors (Lipinski definition) is 3. The number of morpholine rings is 1. The van der Waals surface area contributed by atoms with Crippen molar-refractivity contribution in [2.75, 3.05) is 25.4 Å². The number of rotatable bonds is 2. The Balaban J connectivity index is 1.94. The number of anilines is 1. The summed E-state index contributed by atoms with van der Waals surface area (Å²) in [6, 6.07) is 5.91. The van der Waals surface area contributed by atoms with Crippen molar-refractivity contribution >= 4 is 22.9 Å². The lowest BCUT2D eigenvalue weighted by atomic mass is 9.94. The molecule has 0 bridgehead atoms. The summed E-state index contributed by atoms with van der Waals surface area (Å²) in [7, 11) is 0. The minimum Gasteiger partial charge on any atom is -0.399 e. The number of benzene rings is 1. The SMILES string of the molecule is Cc1ccc(N)cc1C1=CC(Cl)(C2CNCCO2)NC=C1. The van der Waals surface area contributed by atoms with Crippen molar-refractivity contribution < 1.29 is 4.74 Å². The smallest absolute Gasteiger partial charge is 0.159 e. The number of aryl methyl sites for hydroxylation is 1. The Labute approximate surface area is 130 Å². The number of allylic oxidation sites excluding steroid dienone is 2. The molecule has 112 valence electrons. The van der Waals surface area contributed by atoms with Gasteiger partial charge in [0.1, 0.15) is 6.10 Å². The maximum atomic E-state index is 6.76. The number of hydrogen-bond acceptors (Lipinski definition) is 4. The molecule has 4 nitrogen and oxygen atoms in total. The standard InChI is InChI=1S/C16H20ClN3O/c1-11-2-3-13(18)8-14(11)12-4-5-20-16(17,9-12)15-10-19-6-7-21-15/h2-5,8-9,15,19-20H,6-7,10,18H2,1H3. The van der Waals surface area contributed by atoms with Crippen molar-refractivity contribution in [2.45, 2.75) is 18.0 Å². The fourth-order valence-corrected chi connectivity index (χ4v) is 3.04. The van der Waals surface area contributed by atoms with Gasteiger partial charge in [-0.05, 0) is 54.1 Å². The Morgan fingerprint density at radius 2 is 2.29 bits per heavy atom. The third-order valence-corrected chi connectivity index (χ3v) is 4.36. The summed E-state index contributed by atoms with van der Waals surface area (Å²) in [5.41, 5.74) is 9.99. The molecule has 2 aliphatic rings. The molecule has 2 unspecified atom stereocenters. The number of nitrogens with one attached hydrogen (secondary N) is 2. The highest BCUT2D eigenvalue weighted by molar-refractivity contribution is 6.26. The zero-order valence-corrected chi connectivity index (χ0v) is 12.8. The van der Waals surface area contributed by atoms with Gasteiger partial charge in [0.05, 0.1) is 6.61 Å². The molecule has 0 radical (unpaired) electrons. The molecule has 2 atom stereocenters. The van der Waals surface area contributed by atoms with Crippen LogP contribution in [-0.4, -0.2) is 30.8 Å². The van der Waals surface area contributed by atoms with Crippen LogP contribution in [0.1, 0.15) is 11.1 Å². The van der Waals surface area contributed by atoms with Crippen LogP contribution in [0, 0.1) is 6.92 Å². The van der Waals surface area contributed by atoms with E-state index in [1.165, 1.54) is 5.56 Å². The molecule has 21 heavy (non-hydrogen) atoms. The first-order valence-corrected chi connectivity index (χ1v) is 7.51. The number of nitrogens with two attached hydrogens (primary N) is 1. The molecule has 0 saturated carbocycles. The molecule has 1 fully saturated rings. The van der Waals surface area contributed by atoms with Crippen molar-refractivity contribution in [3.05, 3.63) is 47.7 Å². The molecule has 0 amide bonds. The lowest BCUT2D eigenvalue weighted by molar-refractivity contribution is 0.00679. The number of nitrogen functional groups attached to an aromatic ring is 1. The quantitative estimate of drug-likeness (QED) is 0.444. The van der Waals surface area contributed by atoms with Crippen LogP contribution in [0.2, 0.25) is 0 Å². The second-order valence-corrected chi connectivity index (χ2v) is 6.11. The fraction of sp³-hybridized carbons (Fsp3) is 0.375. The Bertz CT molecular complexity index is 593. The van der Waals surface area contributed by atoms with Gasteiger partial charge in [0, 0.05) is 18.8 Å². The highest BCUT2D eigenvalue weighted by Crippen LogP contribution is 2.32. The minimum absolute atomic E-state index is 0.116. The van der Waals surface area contributed by atoms with Crippen LogP contribution in [-0.2, 0) is 4.74 Å². The predicted octanol–water partition coefficient (Wildman–Crippen LogP) is 2.00. The highest BCUT2D eigenvalue weighted by Gasteiger charge is 2.37. The zero-order chi connectivity index (χ0) is 14.9. The van der Waals surface area contributed by atoms with Gasteiger partial charge in [-0.3, -0.25) is 0 Å². The van der Waals surface area contributed by atoms with Crippen LogP contribution in [0.3, 0.4) is 0 Å². The van der Waals surface area contributed by atoms with E-state index in [1.807, 2.05) is 36.6 Å². The van der Waals surface area contributed by atoms with E-state index < -0.39 is 5.00 Å². The molecule has 0 aliphatic carbocycles. The van der Waals surface area contributed by atoms with Gasteiger partial charge in [-0.2, -0.15) is 0 Å². The van der Waals surface area contributed by atoms with E-state index in [-0.39, 0.29) is 6.10 Å². The molecule has 1 saturated heterocycles. The van der Waals surface area contributed by atoms with Gasteiger partial charge in [0.25, 0.3) is 0 Å².